The molecule has 130 valence electrons. The van der Waals surface area contributed by atoms with Crippen molar-refractivity contribution < 1.29 is 23.9 Å². The van der Waals surface area contributed by atoms with E-state index < -0.39 is 17.8 Å². The van der Waals surface area contributed by atoms with Gasteiger partial charge in [0.15, 0.2) is 6.61 Å². The molecule has 0 radical (unpaired) electrons. The maximum atomic E-state index is 11.9. The SMILES string of the molecule is COC(=O)c1ccc(OCC(=O)NNC(=O)c2ccccc2Cl)cc1. The van der Waals surface area contributed by atoms with E-state index in [1.165, 1.54) is 37.4 Å². The fourth-order valence-corrected chi connectivity index (χ4v) is 2.05. The number of rotatable bonds is 5. The lowest BCUT2D eigenvalue weighted by Gasteiger charge is -2.09. The molecule has 0 fully saturated rings. The highest BCUT2D eigenvalue weighted by molar-refractivity contribution is 6.33. The average Bonchev–Trinajstić information content (AvgIpc) is 2.64. The number of esters is 1. The van der Waals surface area contributed by atoms with E-state index >= 15 is 0 Å². The summed E-state index contributed by atoms with van der Waals surface area (Å²) in [6, 6.07) is 12.5. The van der Waals surface area contributed by atoms with Crippen LogP contribution in [0.2, 0.25) is 5.02 Å². The molecule has 0 aliphatic heterocycles. The van der Waals surface area contributed by atoms with Crippen LogP contribution in [0.15, 0.2) is 48.5 Å². The number of carbonyl (C=O) groups excluding carboxylic acids is 3. The Balaban J connectivity index is 1.80. The van der Waals surface area contributed by atoms with Crippen molar-refractivity contribution >= 4 is 29.4 Å². The largest absolute Gasteiger partial charge is 0.484 e. The minimum absolute atomic E-state index is 0.240. The predicted octanol–water partition coefficient (Wildman–Crippen LogP) is 1.97. The first-order valence-electron chi connectivity index (χ1n) is 7.16. The van der Waals surface area contributed by atoms with E-state index in [1.807, 2.05) is 0 Å². The molecule has 0 saturated carbocycles. The van der Waals surface area contributed by atoms with Crippen molar-refractivity contribution in [1.29, 1.82) is 0 Å². The van der Waals surface area contributed by atoms with Crippen molar-refractivity contribution in [2.24, 2.45) is 0 Å². The molecule has 0 saturated heterocycles. The van der Waals surface area contributed by atoms with Crippen LogP contribution in [-0.2, 0) is 9.53 Å². The van der Waals surface area contributed by atoms with Gasteiger partial charge in [0.25, 0.3) is 11.8 Å². The lowest BCUT2D eigenvalue weighted by atomic mass is 10.2. The average molecular weight is 363 g/mol. The normalized spacial score (nSPS) is 9.84. The zero-order valence-electron chi connectivity index (χ0n) is 13.2. The van der Waals surface area contributed by atoms with Gasteiger partial charge in [0, 0.05) is 0 Å². The number of benzene rings is 2. The molecule has 8 heteroatoms. The molecule has 7 nitrogen and oxygen atoms in total. The second-order valence-electron chi connectivity index (χ2n) is 4.79. The number of amides is 2. The quantitative estimate of drug-likeness (QED) is 0.626. The van der Waals surface area contributed by atoms with Crippen molar-refractivity contribution in [3.8, 4) is 5.75 Å². The monoisotopic (exact) mass is 362 g/mol. The Hall–Kier alpha value is -3.06. The van der Waals surface area contributed by atoms with Crippen LogP contribution in [0.25, 0.3) is 0 Å². The van der Waals surface area contributed by atoms with E-state index in [1.54, 1.807) is 18.2 Å². The van der Waals surface area contributed by atoms with E-state index in [0.717, 1.165) is 0 Å². The van der Waals surface area contributed by atoms with Gasteiger partial charge in [0.05, 0.1) is 23.3 Å². The lowest BCUT2D eigenvalue weighted by Crippen LogP contribution is -2.43. The van der Waals surface area contributed by atoms with Crippen LogP contribution in [0.3, 0.4) is 0 Å². The van der Waals surface area contributed by atoms with Gasteiger partial charge < -0.3 is 9.47 Å². The number of carbonyl (C=O) groups is 3. The summed E-state index contributed by atoms with van der Waals surface area (Å²) in [6.45, 7) is -0.319. The number of hydrogen-bond acceptors (Lipinski definition) is 5. The second kappa shape index (κ2) is 8.70. The third-order valence-corrected chi connectivity index (χ3v) is 3.41. The van der Waals surface area contributed by atoms with Crippen LogP contribution in [0, 0.1) is 0 Å². The number of halogens is 1. The Morgan fingerprint density at radius 2 is 1.68 bits per heavy atom. The summed E-state index contributed by atoms with van der Waals surface area (Å²) >= 11 is 5.89. The van der Waals surface area contributed by atoms with E-state index in [-0.39, 0.29) is 17.2 Å². The van der Waals surface area contributed by atoms with Crippen LogP contribution >= 0.6 is 11.6 Å². The van der Waals surface area contributed by atoms with Crippen molar-refractivity contribution in [3.05, 3.63) is 64.7 Å². The Labute approximate surface area is 148 Å². The summed E-state index contributed by atoms with van der Waals surface area (Å²) in [5.41, 5.74) is 5.07. The molecule has 0 aromatic heterocycles. The van der Waals surface area contributed by atoms with Gasteiger partial charge in [0.1, 0.15) is 5.75 Å². The molecule has 0 aliphatic rings. The number of hydrogen-bond donors (Lipinski definition) is 2. The zero-order chi connectivity index (χ0) is 18.2. The van der Waals surface area contributed by atoms with E-state index in [0.29, 0.717) is 11.3 Å². The van der Waals surface area contributed by atoms with Crippen molar-refractivity contribution in [2.45, 2.75) is 0 Å². The molecule has 0 heterocycles. The van der Waals surface area contributed by atoms with Crippen molar-refractivity contribution in [3.63, 3.8) is 0 Å². The highest BCUT2D eigenvalue weighted by Gasteiger charge is 2.11. The molecule has 2 aromatic carbocycles. The molecule has 0 unspecified atom stereocenters. The minimum atomic E-state index is -0.558. The number of methoxy groups -OCH3 is 1. The van der Waals surface area contributed by atoms with Gasteiger partial charge in [-0.2, -0.15) is 0 Å². The number of nitrogens with one attached hydrogen (secondary N) is 2. The molecule has 25 heavy (non-hydrogen) atoms. The standard InChI is InChI=1S/C17H15ClN2O5/c1-24-17(23)11-6-8-12(9-7-11)25-10-15(21)19-20-16(22)13-4-2-3-5-14(13)18/h2-9H,10H2,1H3,(H,19,21)(H,20,22). The lowest BCUT2D eigenvalue weighted by molar-refractivity contribution is -0.123. The summed E-state index contributed by atoms with van der Waals surface area (Å²) < 4.78 is 9.84. The summed E-state index contributed by atoms with van der Waals surface area (Å²) in [7, 11) is 1.29. The molecule has 0 bridgehead atoms. The summed E-state index contributed by atoms with van der Waals surface area (Å²) in [6.07, 6.45) is 0. The van der Waals surface area contributed by atoms with Gasteiger partial charge in [0.2, 0.25) is 0 Å². The Kier molecular flexibility index (Phi) is 6.36. The Bertz CT molecular complexity index is 777. The molecule has 0 atom stereocenters. The summed E-state index contributed by atoms with van der Waals surface area (Å²) in [4.78, 5) is 34.9. The van der Waals surface area contributed by atoms with Gasteiger partial charge in [-0.05, 0) is 36.4 Å². The third kappa shape index (κ3) is 5.22. The van der Waals surface area contributed by atoms with Gasteiger partial charge in [-0.25, -0.2) is 4.79 Å². The molecule has 2 amide bonds. The Morgan fingerprint density at radius 3 is 2.32 bits per heavy atom. The Morgan fingerprint density at radius 1 is 1.00 bits per heavy atom. The predicted molar refractivity (Wildman–Crippen MR) is 90.3 cm³/mol. The van der Waals surface area contributed by atoms with Gasteiger partial charge in [-0.1, -0.05) is 23.7 Å². The zero-order valence-corrected chi connectivity index (χ0v) is 14.0. The van der Waals surface area contributed by atoms with Crippen LogP contribution in [0.1, 0.15) is 20.7 Å². The number of hydrazine groups is 1. The number of ether oxygens (including phenoxy) is 2. The first-order chi connectivity index (χ1) is 12.0. The van der Waals surface area contributed by atoms with Crippen LogP contribution in [0.5, 0.6) is 5.75 Å². The smallest absolute Gasteiger partial charge is 0.337 e. The van der Waals surface area contributed by atoms with Crippen LogP contribution in [-0.4, -0.2) is 31.5 Å². The summed E-state index contributed by atoms with van der Waals surface area (Å²) in [5, 5.41) is 0.274. The highest BCUT2D eigenvalue weighted by atomic mass is 35.5. The fraction of sp³-hybridized carbons (Fsp3) is 0.118. The fourth-order valence-electron chi connectivity index (χ4n) is 1.83. The van der Waals surface area contributed by atoms with E-state index in [2.05, 4.69) is 15.6 Å². The third-order valence-electron chi connectivity index (χ3n) is 3.08. The molecule has 0 aliphatic carbocycles. The van der Waals surface area contributed by atoms with Crippen LogP contribution < -0.4 is 15.6 Å². The van der Waals surface area contributed by atoms with Gasteiger partial charge in [-0.15, -0.1) is 0 Å². The topological polar surface area (TPSA) is 93.7 Å². The molecule has 2 N–H and O–H groups in total. The van der Waals surface area contributed by atoms with Crippen LogP contribution in [0.4, 0.5) is 0 Å². The van der Waals surface area contributed by atoms with E-state index in [9.17, 15) is 14.4 Å². The maximum Gasteiger partial charge on any atom is 0.337 e. The minimum Gasteiger partial charge on any atom is -0.484 e. The molecule has 2 aromatic rings. The maximum absolute atomic E-state index is 11.9. The first kappa shape index (κ1) is 18.3. The van der Waals surface area contributed by atoms with E-state index in [4.69, 9.17) is 16.3 Å². The molecular formula is C17H15ClN2O5. The molecule has 2 rings (SSSR count). The van der Waals surface area contributed by atoms with Gasteiger partial charge in [-0.3, -0.25) is 20.4 Å². The first-order valence-corrected chi connectivity index (χ1v) is 7.54. The van der Waals surface area contributed by atoms with Gasteiger partial charge >= 0.3 is 5.97 Å². The highest BCUT2D eigenvalue weighted by Crippen LogP contribution is 2.14. The summed E-state index contributed by atoms with van der Waals surface area (Å²) in [5.74, 6) is -1.18. The second-order valence-corrected chi connectivity index (χ2v) is 5.19. The molecular weight excluding hydrogens is 348 g/mol. The van der Waals surface area contributed by atoms with Crippen molar-refractivity contribution in [1.82, 2.24) is 10.9 Å². The molecule has 0 spiro atoms. The van der Waals surface area contributed by atoms with Crippen molar-refractivity contribution in [2.75, 3.05) is 13.7 Å².